The van der Waals surface area contributed by atoms with Gasteiger partial charge in [0.2, 0.25) is 4.47 Å². The Hall–Kier alpha value is -1.27. The Morgan fingerprint density at radius 1 is 1.44 bits per heavy atom. The van der Waals surface area contributed by atoms with E-state index in [0.717, 1.165) is 0 Å². The van der Waals surface area contributed by atoms with Crippen LogP contribution in [0, 0.1) is 13.8 Å². The van der Waals surface area contributed by atoms with Gasteiger partial charge in [-0.2, -0.15) is 0 Å². The molecule has 5 nitrogen and oxygen atoms in total. The molecule has 2 aromatic rings. The van der Waals surface area contributed by atoms with Crippen molar-refractivity contribution < 1.29 is 0 Å². The third kappa shape index (κ3) is 2.28. The standard InChI is InChI=1S/C9H9ClN4OS/c1-5-3-8(15)14(6(2)11-5)4-7-12-13-9(10)16-7/h3H,4H2,1-2H3. The SMILES string of the molecule is Cc1cc(=O)n(Cc2nnc(Cl)s2)c(C)n1. The number of aromatic nitrogens is 4. The van der Waals surface area contributed by atoms with Crippen molar-refractivity contribution in [3.8, 4) is 0 Å². The minimum atomic E-state index is -0.0867. The summed E-state index contributed by atoms with van der Waals surface area (Å²) >= 11 is 6.93. The molecular weight excluding hydrogens is 248 g/mol. The molecule has 16 heavy (non-hydrogen) atoms. The summed E-state index contributed by atoms with van der Waals surface area (Å²) in [4.78, 5) is 15.9. The van der Waals surface area contributed by atoms with Crippen molar-refractivity contribution in [2.45, 2.75) is 20.4 Å². The molecule has 2 heterocycles. The Labute approximate surface area is 101 Å². The zero-order valence-corrected chi connectivity index (χ0v) is 10.3. The van der Waals surface area contributed by atoms with Crippen LogP contribution in [0.15, 0.2) is 10.9 Å². The van der Waals surface area contributed by atoms with Crippen molar-refractivity contribution in [1.29, 1.82) is 0 Å². The van der Waals surface area contributed by atoms with E-state index < -0.39 is 0 Å². The van der Waals surface area contributed by atoms with Gasteiger partial charge in [-0.3, -0.25) is 9.36 Å². The number of aryl methyl sites for hydroxylation is 2. The van der Waals surface area contributed by atoms with Gasteiger partial charge in [0.1, 0.15) is 10.8 Å². The van der Waals surface area contributed by atoms with Crippen LogP contribution in [-0.4, -0.2) is 19.7 Å². The third-order valence-corrected chi connectivity index (χ3v) is 3.07. The first-order valence-corrected chi connectivity index (χ1v) is 5.78. The quantitative estimate of drug-likeness (QED) is 0.815. The van der Waals surface area contributed by atoms with Crippen molar-refractivity contribution in [2.24, 2.45) is 0 Å². The van der Waals surface area contributed by atoms with Crippen LogP contribution in [0.5, 0.6) is 0 Å². The van der Waals surface area contributed by atoms with Crippen molar-refractivity contribution >= 4 is 22.9 Å². The summed E-state index contributed by atoms with van der Waals surface area (Å²) in [5.74, 6) is 0.663. The maximum Gasteiger partial charge on any atom is 0.254 e. The average molecular weight is 257 g/mol. The second-order valence-corrected chi connectivity index (χ2v) is 4.96. The molecule has 7 heteroatoms. The average Bonchev–Trinajstić information content (AvgIpc) is 2.58. The van der Waals surface area contributed by atoms with Gasteiger partial charge >= 0.3 is 0 Å². The molecule has 0 aliphatic heterocycles. The van der Waals surface area contributed by atoms with Crippen LogP contribution in [0.4, 0.5) is 0 Å². The number of halogens is 1. The van der Waals surface area contributed by atoms with Gasteiger partial charge < -0.3 is 0 Å². The Bertz CT molecular complexity index is 577. The predicted octanol–water partition coefficient (Wildman–Crippen LogP) is 1.41. The minimum Gasteiger partial charge on any atom is -0.290 e. The highest BCUT2D eigenvalue weighted by Gasteiger charge is 2.07. The van der Waals surface area contributed by atoms with Crippen molar-refractivity contribution in [3.05, 3.63) is 37.4 Å². The third-order valence-electron chi connectivity index (χ3n) is 2.06. The van der Waals surface area contributed by atoms with E-state index in [4.69, 9.17) is 11.6 Å². The fourth-order valence-corrected chi connectivity index (χ4v) is 2.24. The Balaban J connectivity index is 2.38. The van der Waals surface area contributed by atoms with Crippen LogP contribution < -0.4 is 5.56 Å². The van der Waals surface area contributed by atoms with Crippen LogP contribution in [0.25, 0.3) is 0 Å². The monoisotopic (exact) mass is 256 g/mol. The van der Waals surface area contributed by atoms with Gasteiger partial charge in [0.25, 0.3) is 5.56 Å². The fourth-order valence-electron chi connectivity index (χ4n) is 1.39. The molecule has 0 amide bonds. The highest BCUT2D eigenvalue weighted by atomic mass is 35.5. The second kappa shape index (κ2) is 4.31. The molecule has 0 aromatic carbocycles. The molecule has 0 aliphatic rings. The van der Waals surface area contributed by atoms with Crippen molar-refractivity contribution in [2.75, 3.05) is 0 Å². The Morgan fingerprint density at radius 3 is 2.75 bits per heavy atom. The first-order chi connectivity index (χ1) is 7.56. The Kier molecular flexibility index (Phi) is 3.02. The molecule has 0 atom stereocenters. The van der Waals surface area contributed by atoms with E-state index in [0.29, 0.717) is 27.5 Å². The molecule has 84 valence electrons. The summed E-state index contributed by atoms with van der Waals surface area (Å²) in [7, 11) is 0. The molecule has 0 bridgehead atoms. The van der Waals surface area contributed by atoms with Gasteiger partial charge in [-0.15, -0.1) is 10.2 Å². The van der Waals surface area contributed by atoms with Crippen LogP contribution in [0.3, 0.4) is 0 Å². The fraction of sp³-hybridized carbons (Fsp3) is 0.333. The Morgan fingerprint density at radius 2 is 2.19 bits per heavy atom. The lowest BCUT2D eigenvalue weighted by Gasteiger charge is -2.06. The molecule has 0 saturated heterocycles. The summed E-state index contributed by atoms with van der Waals surface area (Å²) < 4.78 is 1.92. The topological polar surface area (TPSA) is 60.7 Å². The highest BCUT2D eigenvalue weighted by Crippen LogP contribution is 2.15. The van der Waals surface area contributed by atoms with Gasteiger partial charge in [-0.25, -0.2) is 4.98 Å². The molecule has 0 spiro atoms. The lowest BCUT2D eigenvalue weighted by Crippen LogP contribution is -2.24. The maximum atomic E-state index is 11.7. The molecule has 0 radical (unpaired) electrons. The normalized spacial score (nSPS) is 10.7. The molecule has 0 N–H and O–H groups in total. The summed E-state index contributed by atoms with van der Waals surface area (Å²) in [6.07, 6.45) is 0. The highest BCUT2D eigenvalue weighted by molar-refractivity contribution is 7.15. The summed E-state index contributed by atoms with van der Waals surface area (Å²) in [6.45, 7) is 3.94. The number of hydrogen-bond acceptors (Lipinski definition) is 5. The smallest absolute Gasteiger partial charge is 0.254 e. The first kappa shape index (κ1) is 11.2. The zero-order chi connectivity index (χ0) is 11.7. The molecular formula is C9H9ClN4OS. The predicted molar refractivity (Wildman–Crippen MR) is 62.0 cm³/mol. The van der Waals surface area contributed by atoms with Crippen molar-refractivity contribution in [3.63, 3.8) is 0 Å². The molecule has 0 unspecified atom stereocenters. The lowest BCUT2D eigenvalue weighted by atomic mass is 10.4. The molecule has 0 saturated carbocycles. The molecule has 0 fully saturated rings. The van der Waals surface area contributed by atoms with E-state index in [9.17, 15) is 4.79 Å². The van der Waals surface area contributed by atoms with E-state index in [1.165, 1.54) is 17.4 Å². The van der Waals surface area contributed by atoms with E-state index in [1.54, 1.807) is 18.4 Å². The van der Waals surface area contributed by atoms with Crippen molar-refractivity contribution in [1.82, 2.24) is 19.7 Å². The lowest BCUT2D eigenvalue weighted by molar-refractivity contribution is 0.685. The first-order valence-electron chi connectivity index (χ1n) is 4.59. The summed E-state index contributed by atoms with van der Waals surface area (Å²) in [5, 5.41) is 8.25. The summed E-state index contributed by atoms with van der Waals surface area (Å²) in [6, 6.07) is 1.50. The molecule has 2 aromatic heterocycles. The van der Waals surface area contributed by atoms with E-state index >= 15 is 0 Å². The van der Waals surface area contributed by atoms with E-state index in [-0.39, 0.29) is 5.56 Å². The maximum absolute atomic E-state index is 11.7. The van der Waals surface area contributed by atoms with Gasteiger partial charge in [0, 0.05) is 11.8 Å². The van der Waals surface area contributed by atoms with E-state index in [1.807, 2.05) is 0 Å². The molecule has 2 rings (SSSR count). The number of hydrogen-bond donors (Lipinski definition) is 0. The van der Waals surface area contributed by atoms with Gasteiger partial charge in [0.05, 0.1) is 6.54 Å². The van der Waals surface area contributed by atoms with Gasteiger partial charge in [-0.1, -0.05) is 11.3 Å². The summed E-state index contributed by atoms with van der Waals surface area (Å²) in [5.41, 5.74) is 0.630. The van der Waals surface area contributed by atoms with Crippen LogP contribution in [0.2, 0.25) is 4.47 Å². The number of nitrogens with zero attached hydrogens (tertiary/aromatic N) is 4. The van der Waals surface area contributed by atoms with Gasteiger partial charge in [0.15, 0.2) is 0 Å². The van der Waals surface area contributed by atoms with Crippen LogP contribution in [-0.2, 0) is 6.54 Å². The zero-order valence-electron chi connectivity index (χ0n) is 8.77. The van der Waals surface area contributed by atoms with E-state index in [2.05, 4.69) is 15.2 Å². The number of rotatable bonds is 2. The van der Waals surface area contributed by atoms with Crippen LogP contribution >= 0.6 is 22.9 Å². The van der Waals surface area contributed by atoms with Gasteiger partial charge in [-0.05, 0) is 25.4 Å². The second-order valence-electron chi connectivity index (χ2n) is 3.32. The largest absolute Gasteiger partial charge is 0.290 e. The minimum absolute atomic E-state index is 0.0867. The molecule has 0 aliphatic carbocycles. The van der Waals surface area contributed by atoms with Crippen LogP contribution in [0.1, 0.15) is 16.5 Å².